The van der Waals surface area contributed by atoms with Crippen LogP contribution in [0.25, 0.3) is 0 Å². The molecular formula is C10H13N5O. The van der Waals surface area contributed by atoms with Gasteiger partial charge in [-0.05, 0) is 13.0 Å². The Morgan fingerprint density at radius 3 is 3.00 bits per heavy atom. The number of rotatable bonds is 4. The van der Waals surface area contributed by atoms with Gasteiger partial charge in [0, 0.05) is 19.2 Å². The molecule has 0 spiro atoms. The highest BCUT2D eigenvalue weighted by atomic mass is 16.5. The van der Waals surface area contributed by atoms with Crippen LogP contribution in [0.4, 0.5) is 11.4 Å². The second-order valence-corrected chi connectivity index (χ2v) is 3.42. The minimum Gasteiger partial charge on any atom is -0.397 e. The van der Waals surface area contributed by atoms with Gasteiger partial charge < -0.3 is 15.6 Å². The largest absolute Gasteiger partial charge is 0.397 e. The molecule has 0 unspecified atom stereocenters. The van der Waals surface area contributed by atoms with E-state index in [9.17, 15) is 0 Å². The molecule has 0 amide bonds. The van der Waals surface area contributed by atoms with Crippen molar-refractivity contribution in [1.29, 1.82) is 0 Å². The molecule has 2 heterocycles. The molecule has 0 fully saturated rings. The standard InChI is InChI=1S/C10H13N5O/c1-7-14-10(16-15-7)2-3-13-9-4-8(11)5-12-6-9/h4-6,13H,2-3,11H2,1H3. The number of nitrogens with one attached hydrogen (secondary N) is 1. The second kappa shape index (κ2) is 4.61. The van der Waals surface area contributed by atoms with Gasteiger partial charge in [0.15, 0.2) is 5.82 Å². The van der Waals surface area contributed by atoms with E-state index in [4.69, 9.17) is 10.3 Å². The Labute approximate surface area is 92.9 Å². The van der Waals surface area contributed by atoms with Gasteiger partial charge in [-0.3, -0.25) is 4.98 Å². The zero-order valence-corrected chi connectivity index (χ0v) is 8.97. The van der Waals surface area contributed by atoms with Gasteiger partial charge in [-0.15, -0.1) is 0 Å². The van der Waals surface area contributed by atoms with Crippen molar-refractivity contribution in [2.75, 3.05) is 17.6 Å². The topological polar surface area (TPSA) is 89.9 Å². The molecule has 2 aromatic heterocycles. The lowest BCUT2D eigenvalue weighted by Crippen LogP contribution is -2.05. The molecule has 0 radical (unpaired) electrons. The fourth-order valence-electron chi connectivity index (χ4n) is 1.31. The number of anilines is 2. The van der Waals surface area contributed by atoms with Crippen molar-refractivity contribution in [2.45, 2.75) is 13.3 Å². The summed E-state index contributed by atoms with van der Waals surface area (Å²) in [4.78, 5) is 8.08. The number of aromatic nitrogens is 3. The third-order valence-electron chi connectivity index (χ3n) is 2.00. The first-order chi connectivity index (χ1) is 7.74. The third-order valence-corrected chi connectivity index (χ3v) is 2.00. The smallest absolute Gasteiger partial charge is 0.228 e. The van der Waals surface area contributed by atoms with E-state index < -0.39 is 0 Å². The summed E-state index contributed by atoms with van der Waals surface area (Å²) < 4.78 is 4.98. The van der Waals surface area contributed by atoms with Crippen molar-refractivity contribution in [1.82, 2.24) is 15.1 Å². The number of hydrogen-bond acceptors (Lipinski definition) is 6. The molecule has 0 saturated heterocycles. The molecule has 0 aliphatic rings. The van der Waals surface area contributed by atoms with Crippen LogP contribution < -0.4 is 11.1 Å². The van der Waals surface area contributed by atoms with Crippen LogP contribution in [0.1, 0.15) is 11.7 Å². The number of nitrogens with two attached hydrogens (primary N) is 1. The highest BCUT2D eigenvalue weighted by molar-refractivity contribution is 5.51. The summed E-state index contributed by atoms with van der Waals surface area (Å²) in [5, 5.41) is 6.88. The lowest BCUT2D eigenvalue weighted by atomic mass is 10.3. The Morgan fingerprint density at radius 2 is 2.31 bits per heavy atom. The SMILES string of the molecule is Cc1noc(CCNc2cncc(N)c2)n1. The van der Waals surface area contributed by atoms with Gasteiger partial charge in [0.2, 0.25) is 5.89 Å². The van der Waals surface area contributed by atoms with E-state index in [1.165, 1.54) is 0 Å². The summed E-state index contributed by atoms with van der Waals surface area (Å²) in [6.45, 7) is 2.50. The van der Waals surface area contributed by atoms with Gasteiger partial charge in [0.1, 0.15) is 0 Å². The zero-order valence-electron chi connectivity index (χ0n) is 8.97. The number of nitrogen functional groups attached to an aromatic ring is 1. The normalized spacial score (nSPS) is 10.3. The van der Waals surface area contributed by atoms with Gasteiger partial charge in [-0.25, -0.2) is 0 Å². The van der Waals surface area contributed by atoms with Crippen LogP contribution in [-0.2, 0) is 6.42 Å². The Hall–Kier alpha value is -2.11. The van der Waals surface area contributed by atoms with Crippen LogP contribution in [0.3, 0.4) is 0 Å². The molecule has 0 saturated carbocycles. The lowest BCUT2D eigenvalue weighted by Gasteiger charge is -2.04. The van der Waals surface area contributed by atoms with E-state index in [0.717, 1.165) is 5.69 Å². The zero-order chi connectivity index (χ0) is 11.4. The molecule has 0 atom stereocenters. The van der Waals surface area contributed by atoms with Crippen molar-refractivity contribution in [3.63, 3.8) is 0 Å². The maximum absolute atomic E-state index is 5.60. The summed E-state index contributed by atoms with van der Waals surface area (Å²) in [5.74, 6) is 1.28. The number of aryl methyl sites for hydroxylation is 1. The Balaban J connectivity index is 1.84. The summed E-state index contributed by atoms with van der Waals surface area (Å²) in [6, 6.07) is 1.83. The highest BCUT2D eigenvalue weighted by Gasteiger charge is 2.01. The minimum absolute atomic E-state index is 0.627. The molecule has 2 rings (SSSR count). The highest BCUT2D eigenvalue weighted by Crippen LogP contribution is 2.09. The van der Waals surface area contributed by atoms with Gasteiger partial charge >= 0.3 is 0 Å². The quantitative estimate of drug-likeness (QED) is 0.797. The Bertz CT molecular complexity index is 468. The van der Waals surface area contributed by atoms with Crippen molar-refractivity contribution in [2.24, 2.45) is 0 Å². The molecule has 6 heteroatoms. The van der Waals surface area contributed by atoms with E-state index in [2.05, 4.69) is 20.4 Å². The summed E-state index contributed by atoms with van der Waals surface area (Å²) in [5.41, 5.74) is 7.12. The van der Waals surface area contributed by atoms with Gasteiger partial charge in [0.25, 0.3) is 0 Å². The molecule has 0 aromatic carbocycles. The van der Waals surface area contributed by atoms with E-state index >= 15 is 0 Å². The first kappa shape index (κ1) is 10.4. The second-order valence-electron chi connectivity index (χ2n) is 3.42. The minimum atomic E-state index is 0.627. The van der Waals surface area contributed by atoms with Crippen LogP contribution in [0, 0.1) is 6.92 Å². The van der Waals surface area contributed by atoms with Crippen molar-refractivity contribution in [3.8, 4) is 0 Å². The predicted octanol–water partition coefficient (Wildman–Crippen LogP) is 1.01. The number of pyridine rings is 1. The maximum Gasteiger partial charge on any atom is 0.228 e. The van der Waals surface area contributed by atoms with Crippen LogP contribution in [-0.4, -0.2) is 21.7 Å². The van der Waals surface area contributed by atoms with Crippen LogP contribution >= 0.6 is 0 Å². The lowest BCUT2D eigenvalue weighted by molar-refractivity contribution is 0.377. The monoisotopic (exact) mass is 219 g/mol. The van der Waals surface area contributed by atoms with E-state index in [-0.39, 0.29) is 0 Å². The van der Waals surface area contributed by atoms with E-state index in [1.807, 2.05) is 6.07 Å². The van der Waals surface area contributed by atoms with Crippen LogP contribution in [0.15, 0.2) is 23.0 Å². The molecule has 0 aliphatic heterocycles. The first-order valence-corrected chi connectivity index (χ1v) is 4.97. The van der Waals surface area contributed by atoms with Crippen molar-refractivity contribution < 1.29 is 4.52 Å². The maximum atomic E-state index is 5.60. The van der Waals surface area contributed by atoms with Crippen molar-refractivity contribution >= 4 is 11.4 Å². The average Bonchev–Trinajstić information content (AvgIpc) is 2.64. The van der Waals surface area contributed by atoms with Gasteiger partial charge in [0.05, 0.1) is 17.6 Å². The first-order valence-electron chi connectivity index (χ1n) is 4.97. The number of hydrogen-bond donors (Lipinski definition) is 2. The molecule has 16 heavy (non-hydrogen) atoms. The molecule has 84 valence electrons. The van der Waals surface area contributed by atoms with Crippen LogP contribution in [0.5, 0.6) is 0 Å². The predicted molar refractivity (Wildman–Crippen MR) is 59.9 cm³/mol. The molecule has 0 aliphatic carbocycles. The molecular weight excluding hydrogens is 206 g/mol. The fraction of sp³-hybridized carbons (Fsp3) is 0.300. The Morgan fingerprint density at radius 1 is 1.44 bits per heavy atom. The van der Waals surface area contributed by atoms with E-state index in [0.29, 0.717) is 30.4 Å². The summed E-state index contributed by atoms with van der Waals surface area (Å²) in [6.07, 6.45) is 4.00. The summed E-state index contributed by atoms with van der Waals surface area (Å²) >= 11 is 0. The molecule has 0 bridgehead atoms. The van der Waals surface area contributed by atoms with Gasteiger partial charge in [-0.1, -0.05) is 5.16 Å². The number of nitrogens with zero attached hydrogens (tertiary/aromatic N) is 3. The molecule has 6 nitrogen and oxygen atoms in total. The van der Waals surface area contributed by atoms with Gasteiger partial charge in [-0.2, -0.15) is 4.98 Å². The average molecular weight is 219 g/mol. The third kappa shape index (κ3) is 2.69. The fourth-order valence-corrected chi connectivity index (χ4v) is 1.31. The van der Waals surface area contributed by atoms with Crippen molar-refractivity contribution in [3.05, 3.63) is 30.2 Å². The molecule has 3 N–H and O–H groups in total. The Kier molecular flexibility index (Phi) is 3.00. The molecule has 2 aromatic rings. The van der Waals surface area contributed by atoms with Crippen LogP contribution in [0.2, 0.25) is 0 Å². The van der Waals surface area contributed by atoms with E-state index in [1.54, 1.807) is 19.3 Å². The summed E-state index contributed by atoms with van der Waals surface area (Å²) in [7, 11) is 0.